The Hall–Kier alpha value is -3.04. The first-order valence-electron chi connectivity index (χ1n) is 8.75. The van der Waals surface area contributed by atoms with E-state index in [1.165, 1.54) is 30.1 Å². The molecule has 0 aliphatic heterocycles. The molecule has 0 saturated heterocycles. The second-order valence-electron chi connectivity index (χ2n) is 6.22. The lowest BCUT2D eigenvalue weighted by Crippen LogP contribution is -2.29. The van der Waals surface area contributed by atoms with Crippen LogP contribution in [0.2, 0.25) is 0 Å². The third-order valence-corrected chi connectivity index (χ3v) is 5.32. The fourth-order valence-corrected chi connectivity index (χ4v) is 3.47. The van der Waals surface area contributed by atoms with E-state index >= 15 is 0 Å². The highest BCUT2D eigenvalue weighted by Crippen LogP contribution is 2.17. The van der Waals surface area contributed by atoms with E-state index in [0.717, 1.165) is 11.4 Å². The molecule has 0 bridgehead atoms. The van der Waals surface area contributed by atoms with Crippen LogP contribution in [0.15, 0.2) is 59.8 Å². The van der Waals surface area contributed by atoms with Gasteiger partial charge in [-0.05, 0) is 38.1 Å². The van der Waals surface area contributed by atoms with Crippen molar-refractivity contribution in [1.29, 1.82) is 0 Å². The molecule has 0 unspecified atom stereocenters. The number of nitrogens with zero attached hydrogens (tertiary/aromatic N) is 3. The number of hydrogen-bond donors (Lipinski definition) is 3. The lowest BCUT2D eigenvalue weighted by Gasteiger charge is -2.11. The minimum Gasteiger partial charge on any atom is -0.353 e. The fraction of sp³-hybridized carbons (Fsp3) is 0.211. The molecule has 0 amide bonds. The molecule has 0 atom stereocenters. The van der Waals surface area contributed by atoms with Crippen LogP contribution in [-0.4, -0.2) is 36.5 Å². The number of aromatic nitrogens is 3. The molecule has 0 aliphatic rings. The van der Waals surface area contributed by atoms with Crippen LogP contribution in [0, 0.1) is 13.8 Å². The summed E-state index contributed by atoms with van der Waals surface area (Å²) in [5.41, 5.74) is 2.91. The minimum absolute atomic E-state index is 0.180. The molecular formula is C19H22N6O2S. The molecule has 0 fully saturated rings. The van der Waals surface area contributed by atoms with Gasteiger partial charge < -0.3 is 10.6 Å². The van der Waals surface area contributed by atoms with Gasteiger partial charge in [-0.25, -0.2) is 18.1 Å². The molecule has 146 valence electrons. The Morgan fingerprint density at radius 2 is 1.64 bits per heavy atom. The van der Waals surface area contributed by atoms with E-state index in [9.17, 15) is 8.42 Å². The van der Waals surface area contributed by atoms with Crippen LogP contribution in [0.25, 0.3) is 0 Å². The molecule has 0 aliphatic carbocycles. The van der Waals surface area contributed by atoms with Gasteiger partial charge in [-0.1, -0.05) is 17.7 Å². The molecule has 28 heavy (non-hydrogen) atoms. The molecule has 9 heteroatoms. The largest absolute Gasteiger partial charge is 0.353 e. The van der Waals surface area contributed by atoms with E-state index in [1.807, 2.05) is 44.2 Å². The number of sulfonamides is 1. The maximum Gasteiger partial charge on any atom is 0.240 e. The second kappa shape index (κ2) is 8.77. The van der Waals surface area contributed by atoms with E-state index in [-0.39, 0.29) is 11.4 Å². The zero-order valence-electron chi connectivity index (χ0n) is 15.7. The SMILES string of the molecule is Cc1ccc(Nc2cc(C)nc(NCCNS(=O)(=O)c3ccncc3)n2)cc1. The maximum absolute atomic E-state index is 12.2. The minimum atomic E-state index is -3.56. The van der Waals surface area contributed by atoms with Gasteiger partial charge in [0.15, 0.2) is 0 Å². The zero-order valence-corrected chi connectivity index (χ0v) is 16.5. The summed E-state index contributed by atoms with van der Waals surface area (Å²) >= 11 is 0. The summed E-state index contributed by atoms with van der Waals surface area (Å²) in [5, 5.41) is 6.28. The van der Waals surface area contributed by atoms with E-state index in [2.05, 4.69) is 30.3 Å². The van der Waals surface area contributed by atoms with Crippen LogP contribution < -0.4 is 15.4 Å². The van der Waals surface area contributed by atoms with Crippen LogP contribution in [0.3, 0.4) is 0 Å². The van der Waals surface area contributed by atoms with Gasteiger partial charge in [0.2, 0.25) is 16.0 Å². The zero-order chi connectivity index (χ0) is 20.0. The molecule has 3 N–H and O–H groups in total. The van der Waals surface area contributed by atoms with Crippen molar-refractivity contribution < 1.29 is 8.42 Å². The van der Waals surface area contributed by atoms with E-state index in [1.54, 1.807) is 0 Å². The van der Waals surface area contributed by atoms with Gasteiger partial charge in [0.05, 0.1) is 4.90 Å². The van der Waals surface area contributed by atoms with Crippen LogP contribution in [0.5, 0.6) is 0 Å². The standard InChI is InChI=1S/C19H22N6O2S/c1-14-3-5-16(6-4-14)24-18-13-15(2)23-19(25-18)21-11-12-22-28(26,27)17-7-9-20-10-8-17/h3-10,13,22H,11-12H2,1-2H3,(H2,21,23,24,25). The number of benzene rings is 1. The van der Waals surface area contributed by atoms with Crippen LogP contribution in [-0.2, 0) is 10.0 Å². The van der Waals surface area contributed by atoms with E-state index < -0.39 is 10.0 Å². The summed E-state index contributed by atoms with van der Waals surface area (Å²) in [6.07, 6.45) is 2.88. The van der Waals surface area contributed by atoms with Crippen LogP contribution in [0.4, 0.5) is 17.5 Å². The molecule has 2 aromatic heterocycles. The average Bonchev–Trinajstić information content (AvgIpc) is 2.67. The Bertz CT molecular complexity index is 1020. The van der Waals surface area contributed by atoms with Gasteiger partial charge in [-0.2, -0.15) is 4.98 Å². The lowest BCUT2D eigenvalue weighted by molar-refractivity contribution is 0.582. The molecule has 0 saturated carbocycles. The van der Waals surface area contributed by atoms with Gasteiger partial charge in [-0.3, -0.25) is 4.98 Å². The summed E-state index contributed by atoms with van der Waals surface area (Å²) in [4.78, 5) is 12.8. The number of rotatable bonds is 8. The number of nitrogens with one attached hydrogen (secondary N) is 3. The molecule has 1 aromatic carbocycles. The van der Waals surface area contributed by atoms with Gasteiger partial charge in [0.1, 0.15) is 5.82 Å². The van der Waals surface area contributed by atoms with E-state index in [0.29, 0.717) is 18.3 Å². The highest BCUT2D eigenvalue weighted by Gasteiger charge is 2.12. The Morgan fingerprint density at radius 1 is 0.929 bits per heavy atom. The van der Waals surface area contributed by atoms with Crippen molar-refractivity contribution in [3.05, 3.63) is 66.1 Å². The number of aryl methyl sites for hydroxylation is 2. The summed E-state index contributed by atoms with van der Waals surface area (Å²) in [7, 11) is -3.56. The second-order valence-corrected chi connectivity index (χ2v) is 7.98. The van der Waals surface area contributed by atoms with Crippen molar-refractivity contribution in [3.63, 3.8) is 0 Å². The highest BCUT2D eigenvalue weighted by atomic mass is 32.2. The van der Waals surface area contributed by atoms with Gasteiger partial charge >= 0.3 is 0 Å². The first kappa shape index (κ1) is 19.7. The van der Waals surface area contributed by atoms with E-state index in [4.69, 9.17) is 0 Å². The highest BCUT2D eigenvalue weighted by molar-refractivity contribution is 7.89. The Morgan fingerprint density at radius 3 is 2.36 bits per heavy atom. The predicted molar refractivity (Wildman–Crippen MR) is 109 cm³/mol. The molecule has 8 nitrogen and oxygen atoms in total. The monoisotopic (exact) mass is 398 g/mol. The number of anilines is 3. The van der Waals surface area contributed by atoms with Gasteiger partial charge in [0, 0.05) is 42.9 Å². The molecule has 0 spiro atoms. The number of hydrogen-bond acceptors (Lipinski definition) is 7. The van der Waals surface area contributed by atoms with Gasteiger partial charge in [-0.15, -0.1) is 0 Å². The third-order valence-electron chi connectivity index (χ3n) is 3.84. The molecule has 3 aromatic rings. The lowest BCUT2D eigenvalue weighted by atomic mass is 10.2. The third kappa shape index (κ3) is 5.48. The molecule has 3 rings (SSSR count). The summed E-state index contributed by atoms with van der Waals surface area (Å²) in [5.74, 6) is 1.09. The normalized spacial score (nSPS) is 11.2. The smallest absolute Gasteiger partial charge is 0.240 e. The first-order valence-corrected chi connectivity index (χ1v) is 10.2. The first-order chi connectivity index (χ1) is 13.4. The Kier molecular flexibility index (Phi) is 6.17. The van der Waals surface area contributed by atoms with Crippen molar-refractivity contribution in [3.8, 4) is 0 Å². The number of pyridine rings is 1. The van der Waals surface area contributed by atoms with Crippen molar-refractivity contribution in [2.75, 3.05) is 23.7 Å². The topological polar surface area (TPSA) is 109 Å². The van der Waals surface area contributed by atoms with Crippen LogP contribution >= 0.6 is 0 Å². The van der Waals surface area contributed by atoms with Crippen molar-refractivity contribution in [2.45, 2.75) is 18.7 Å². The van der Waals surface area contributed by atoms with Crippen molar-refractivity contribution in [1.82, 2.24) is 19.7 Å². The molecular weight excluding hydrogens is 376 g/mol. The van der Waals surface area contributed by atoms with Gasteiger partial charge in [0.25, 0.3) is 0 Å². The average molecular weight is 398 g/mol. The quantitative estimate of drug-likeness (QED) is 0.501. The van der Waals surface area contributed by atoms with Crippen molar-refractivity contribution in [2.24, 2.45) is 0 Å². The Labute approximate surface area is 164 Å². The van der Waals surface area contributed by atoms with Crippen LogP contribution in [0.1, 0.15) is 11.3 Å². The summed E-state index contributed by atoms with van der Waals surface area (Å²) in [6.45, 7) is 4.45. The Balaban J connectivity index is 1.57. The maximum atomic E-state index is 12.2. The predicted octanol–water partition coefficient (Wildman–Crippen LogP) is 2.62. The summed E-state index contributed by atoms with van der Waals surface area (Å²) < 4.78 is 26.9. The fourth-order valence-electron chi connectivity index (χ4n) is 2.46. The molecule has 0 radical (unpaired) electrons. The van der Waals surface area contributed by atoms with Crippen molar-refractivity contribution >= 4 is 27.5 Å². The molecule has 2 heterocycles. The summed E-state index contributed by atoms with van der Waals surface area (Å²) in [6, 6.07) is 12.7.